The Kier molecular flexibility index (Phi) is 6.05. The Balaban J connectivity index is 3.53. The Labute approximate surface area is 126 Å². The second-order valence-corrected chi connectivity index (χ2v) is 6.73. The highest BCUT2D eigenvalue weighted by molar-refractivity contribution is 5.73. The van der Waals surface area contributed by atoms with Gasteiger partial charge in [0.25, 0.3) is 0 Å². The van der Waals surface area contributed by atoms with E-state index in [0.29, 0.717) is 17.8 Å². The van der Waals surface area contributed by atoms with Gasteiger partial charge in [-0.3, -0.25) is 0 Å². The minimum Gasteiger partial charge on any atom is -0.0633 e. The standard InChI is InChI=1S/C20H32/c1-9-18(16(7)13(2)3)20(14(4)5)19-12-10-11-15(6)17(19)8/h10-14,16H,9H2,1-8H3/b20-18+. The van der Waals surface area contributed by atoms with Crippen LogP contribution in [-0.2, 0) is 0 Å². The van der Waals surface area contributed by atoms with E-state index in [1.54, 1.807) is 11.1 Å². The maximum absolute atomic E-state index is 2.39. The second kappa shape index (κ2) is 7.11. The monoisotopic (exact) mass is 272 g/mol. The molecule has 0 fully saturated rings. The number of aryl methyl sites for hydroxylation is 1. The van der Waals surface area contributed by atoms with Crippen LogP contribution >= 0.6 is 0 Å². The fourth-order valence-corrected chi connectivity index (χ4v) is 3.06. The number of allylic oxidation sites excluding steroid dienone is 2. The van der Waals surface area contributed by atoms with Gasteiger partial charge in [-0.15, -0.1) is 0 Å². The molecule has 0 saturated heterocycles. The van der Waals surface area contributed by atoms with Gasteiger partial charge in [0.15, 0.2) is 0 Å². The fraction of sp³-hybridized carbons (Fsp3) is 0.600. The van der Waals surface area contributed by atoms with Crippen LogP contribution in [0.5, 0.6) is 0 Å². The molecular weight excluding hydrogens is 240 g/mol. The van der Waals surface area contributed by atoms with Crippen LogP contribution in [0, 0.1) is 31.6 Å². The Morgan fingerprint density at radius 3 is 2.05 bits per heavy atom. The number of rotatable bonds is 5. The fourth-order valence-electron chi connectivity index (χ4n) is 3.06. The molecule has 0 heterocycles. The summed E-state index contributed by atoms with van der Waals surface area (Å²) in [4.78, 5) is 0. The summed E-state index contributed by atoms with van der Waals surface area (Å²) in [6.45, 7) is 18.5. The smallest absolute Gasteiger partial charge is 0.0190 e. The third-order valence-corrected chi connectivity index (χ3v) is 4.75. The molecule has 0 saturated carbocycles. The van der Waals surface area contributed by atoms with E-state index in [0.717, 1.165) is 6.42 Å². The van der Waals surface area contributed by atoms with Crippen molar-refractivity contribution in [3.63, 3.8) is 0 Å². The summed E-state index contributed by atoms with van der Waals surface area (Å²) < 4.78 is 0. The van der Waals surface area contributed by atoms with Crippen molar-refractivity contribution in [2.24, 2.45) is 17.8 Å². The summed E-state index contributed by atoms with van der Waals surface area (Å²) in [5.41, 5.74) is 7.52. The van der Waals surface area contributed by atoms with Crippen LogP contribution in [0.15, 0.2) is 23.8 Å². The van der Waals surface area contributed by atoms with Gasteiger partial charge < -0.3 is 0 Å². The van der Waals surface area contributed by atoms with Gasteiger partial charge in [-0.25, -0.2) is 0 Å². The SMILES string of the molecule is CC/C(=C(\c1cccc(C)c1C)C(C)C)C(C)C(C)C. The van der Waals surface area contributed by atoms with E-state index in [-0.39, 0.29) is 0 Å². The van der Waals surface area contributed by atoms with Crippen molar-refractivity contribution in [2.45, 2.75) is 61.8 Å². The zero-order valence-corrected chi connectivity index (χ0v) is 14.7. The molecule has 1 atom stereocenters. The van der Waals surface area contributed by atoms with Gasteiger partial charge in [0.1, 0.15) is 0 Å². The van der Waals surface area contributed by atoms with Crippen LogP contribution in [0.25, 0.3) is 5.57 Å². The van der Waals surface area contributed by atoms with Crippen molar-refractivity contribution >= 4 is 5.57 Å². The zero-order chi connectivity index (χ0) is 15.4. The van der Waals surface area contributed by atoms with Crippen molar-refractivity contribution < 1.29 is 0 Å². The highest BCUT2D eigenvalue weighted by atomic mass is 14.3. The molecule has 1 rings (SSSR count). The molecule has 0 spiro atoms. The summed E-state index contributed by atoms with van der Waals surface area (Å²) >= 11 is 0. The lowest BCUT2D eigenvalue weighted by Crippen LogP contribution is -2.12. The van der Waals surface area contributed by atoms with Gasteiger partial charge in [-0.1, -0.05) is 65.3 Å². The predicted molar refractivity (Wildman–Crippen MR) is 92.0 cm³/mol. The lowest BCUT2D eigenvalue weighted by Gasteiger charge is -2.27. The van der Waals surface area contributed by atoms with Crippen molar-refractivity contribution in [3.05, 3.63) is 40.5 Å². The molecule has 0 aromatic heterocycles. The highest BCUT2D eigenvalue weighted by Crippen LogP contribution is 2.36. The summed E-state index contributed by atoms with van der Waals surface area (Å²) in [6.07, 6.45) is 1.15. The summed E-state index contributed by atoms with van der Waals surface area (Å²) in [6, 6.07) is 6.72. The quantitative estimate of drug-likeness (QED) is 0.580. The Hall–Kier alpha value is -1.04. The molecule has 0 N–H and O–H groups in total. The molecule has 1 unspecified atom stereocenters. The molecule has 0 aliphatic carbocycles. The van der Waals surface area contributed by atoms with Gasteiger partial charge in [0.2, 0.25) is 0 Å². The van der Waals surface area contributed by atoms with Crippen LogP contribution in [0.4, 0.5) is 0 Å². The topological polar surface area (TPSA) is 0 Å². The van der Waals surface area contributed by atoms with Crippen molar-refractivity contribution in [1.29, 1.82) is 0 Å². The minimum atomic E-state index is 0.576. The largest absolute Gasteiger partial charge is 0.0633 e. The van der Waals surface area contributed by atoms with Crippen molar-refractivity contribution in [3.8, 4) is 0 Å². The molecule has 0 aliphatic rings. The first kappa shape index (κ1) is 17.0. The second-order valence-electron chi connectivity index (χ2n) is 6.73. The predicted octanol–water partition coefficient (Wildman–Crippen LogP) is 6.42. The average Bonchev–Trinajstić information content (AvgIpc) is 2.38. The normalized spacial score (nSPS) is 14.7. The van der Waals surface area contributed by atoms with E-state index in [2.05, 4.69) is 73.6 Å². The third kappa shape index (κ3) is 3.53. The molecule has 0 heteroatoms. The Morgan fingerprint density at radius 2 is 1.60 bits per heavy atom. The third-order valence-electron chi connectivity index (χ3n) is 4.75. The lowest BCUT2D eigenvalue weighted by molar-refractivity contribution is 0.469. The van der Waals surface area contributed by atoms with Gasteiger partial charge in [-0.05, 0) is 60.3 Å². The Morgan fingerprint density at radius 1 is 1.00 bits per heavy atom. The van der Waals surface area contributed by atoms with Gasteiger partial charge in [-0.2, -0.15) is 0 Å². The van der Waals surface area contributed by atoms with Crippen LogP contribution in [-0.4, -0.2) is 0 Å². The zero-order valence-electron chi connectivity index (χ0n) is 14.7. The minimum absolute atomic E-state index is 0.576. The van der Waals surface area contributed by atoms with E-state index < -0.39 is 0 Å². The molecule has 20 heavy (non-hydrogen) atoms. The Bertz CT molecular complexity index is 475. The summed E-state index contributed by atoms with van der Waals surface area (Å²) in [7, 11) is 0. The first-order valence-corrected chi connectivity index (χ1v) is 8.10. The van der Waals surface area contributed by atoms with E-state index in [1.807, 2.05) is 0 Å². The van der Waals surface area contributed by atoms with Crippen LogP contribution in [0.3, 0.4) is 0 Å². The molecule has 0 amide bonds. The first-order valence-electron chi connectivity index (χ1n) is 8.10. The molecule has 1 aromatic rings. The van der Waals surface area contributed by atoms with Gasteiger partial charge in [0, 0.05) is 0 Å². The van der Waals surface area contributed by atoms with Gasteiger partial charge >= 0.3 is 0 Å². The van der Waals surface area contributed by atoms with Crippen molar-refractivity contribution in [1.82, 2.24) is 0 Å². The first-order chi connectivity index (χ1) is 9.31. The van der Waals surface area contributed by atoms with E-state index >= 15 is 0 Å². The molecule has 1 aromatic carbocycles. The average molecular weight is 272 g/mol. The maximum Gasteiger partial charge on any atom is -0.0190 e. The van der Waals surface area contributed by atoms with Crippen LogP contribution in [0.1, 0.15) is 64.7 Å². The lowest BCUT2D eigenvalue weighted by atomic mass is 9.78. The van der Waals surface area contributed by atoms with Gasteiger partial charge in [0.05, 0.1) is 0 Å². The van der Waals surface area contributed by atoms with Crippen LogP contribution in [0.2, 0.25) is 0 Å². The van der Waals surface area contributed by atoms with Crippen molar-refractivity contribution in [2.75, 3.05) is 0 Å². The molecular formula is C20H32. The number of hydrogen-bond acceptors (Lipinski definition) is 0. The maximum atomic E-state index is 2.39. The molecule has 0 radical (unpaired) electrons. The van der Waals surface area contributed by atoms with E-state index in [9.17, 15) is 0 Å². The molecule has 0 bridgehead atoms. The number of benzene rings is 1. The highest BCUT2D eigenvalue weighted by Gasteiger charge is 2.20. The summed E-state index contributed by atoms with van der Waals surface area (Å²) in [5, 5.41) is 0. The number of hydrogen-bond donors (Lipinski definition) is 0. The molecule has 112 valence electrons. The van der Waals surface area contributed by atoms with E-state index in [4.69, 9.17) is 0 Å². The van der Waals surface area contributed by atoms with Crippen LogP contribution < -0.4 is 0 Å². The molecule has 0 aliphatic heterocycles. The molecule has 0 nitrogen and oxygen atoms in total. The summed E-state index contributed by atoms with van der Waals surface area (Å²) in [5.74, 6) is 1.92. The van der Waals surface area contributed by atoms with E-state index in [1.165, 1.54) is 16.7 Å².